The normalized spacial score (nSPS) is 19.2. The Morgan fingerprint density at radius 2 is 2.25 bits per heavy atom. The van der Waals surface area contributed by atoms with E-state index in [1.807, 2.05) is 0 Å². The van der Waals surface area contributed by atoms with E-state index in [4.69, 9.17) is 11.6 Å². The molecule has 0 aromatic heterocycles. The van der Waals surface area contributed by atoms with Gasteiger partial charge in [0.2, 0.25) is 0 Å². The van der Waals surface area contributed by atoms with E-state index in [1.165, 1.54) is 18.6 Å². The Kier molecular flexibility index (Phi) is 5.82. The number of hydrogen-bond donors (Lipinski definition) is 1. The molecule has 0 amide bonds. The smallest absolute Gasteiger partial charge is 0.124 e. The van der Waals surface area contributed by atoms with Crippen molar-refractivity contribution in [1.29, 1.82) is 0 Å². The van der Waals surface area contributed by atoms with Gasteiger partial charge in [-0.05, 0) is 49.0 Å². The fourth-order valence-electron chi connectivity index (χ4n) is 2.85. The van der Waals surface area contributed by atoms with E-state index in [1.54, 1.807) is 6.07 Å². The summed E-state index contributed by atoms with van der Waals surface area (Å²) in [7, 11) is 0. The summed E-state index contributed by atoms with van der Waals surface area (Å²) in [6.07, 6.45) is 1.24. The van der Waals surface area contributed by atoms with Crippen LogP contribution in [0, 0.1) is 17.7 Å². The van der Waals surface area contributed by atoms with Gasteiger partial charge >= 0.3 is 0 Å². The molecule has 0 saturated carbocycles. The van der Waals surface area contributed by atoms with Crippen molar-refractivity contribution in [2.45, 2.75) is 26.8 Å². The van der Waals surface area contributed by atoms with Crippen LogP contribution in [0.25, 0.3) is 0 Å². The zero-order valence-electron chi connectivity index (χ0n) is 12.3. The van der Waals surface area contributed by atoms with Crippen molar-refractivity contribution >= 4 is 11.6 Å². The third-order valence-corrected chi connectivity index (χ3v) is 4.06. The molecule has 0 radical (unpaired) electrons. The molecule has 1 saturated heterocycles. The summed E-state index contributed by atoms with van der Waals surface area (Å²) in [6.45, 7) is 9.61. The van der Waals surface area contributed by atoms with Crippen LogP contribution < -0.4 is 5.32 Å². The maximum atomic E-state index is 13.1. The summed E-state index contributed by atoms with van der Waals surface area (Å²) in [5, 5.41) is 3.94. The quantitative estimate of drug-likeness (QED) is 0.864. The molecule has 1 aliphatic rings. The lowest BCUT2D eigenvalue weighted by Crippen LogP contribution is -2.33. The third-order valence-electron chi connectivity index (χ3n) is 3.71. The van der Waals surface area contributed by atoms with Crippen LogP contribution in [0.5, 0.6) is 0 Å². The topological polar surface area (TPSA) is 15.3 Å². The van der Waals surface area contributed by atoms with Crippen molar-refractivity contribution in [2.24, 2.45) is 11.8 Å². The molecular formula is C16H24ClFN2. The molecule has 1 atom stereocenters. The second kappa shape index (κ2) is 7.39. The van der Waals surface area contributed by atoms with Gasteiger partial charge in [-0.3, -0.25) is 4.90 Å². The highest BCUT2D eigenvalue weighted by Crippen LogP contribution is 2.21. The SMILES string of the molecule is CC(C)CN(Cc1ccc(F)cc1Cl)C[C@H]1CCNC1. The zero-order valence-corrected chi connectivity index (χ0v) is 13.1. The van der Waals surface area contributed by atoms with Gasteiger partial charge < -0.3 is 5.32 Å². The van der Waals surface area contributed by atoms with Crippen LogP contribution in [-0.2, 0) is 6.54 Å². The molecule has 2 nitrogen and oxygen atoms in total. The molecule has 0 bridgehead atoms. The van der Waals surface area contributed by atoms with Crippen LogP contribution >= 0.6 is 11.6 Å². The first kappa shape index (κ1) is 15.7. The van der Waals surface area contributed by atoms with Gasteiger partial charge in [-0.1, -0.05) is 31.5 Å². The van der Waals surface area contributed by atoms with Gasteiger partial charge in [0.15, 0.2) is 0 Å². The maximum absolute atomic E-state index is 13.1. The fourth-order valence-corrected chi connectivity index (χ4v) is 3.07. The van der Waals surface area contributed by atoms with Crippen molar-refractivity contribution in [3.05, 3.63) is 34.6 Å². The lowest BCUT2D eigenvalue weighted by molar-refractivity contribution is 0.205. The Balaban J connectivity index is 2.01. The minimum absolute atomic E-state index is 0.269. The zero-order chi connectivity index (χ0) is 14.5. The molecule has 1 N–H and O–H groups in total. The molecule has 112 valence electrons. The predicted molar refractivity (Wildman–Crippen MR) is 82.5 cm³/mol. The largest absolute Gasteiger partial charge is 0.316 e. The minimum Gasteiger partial charge on any atom is -0.316 e. The monoisotopic (exact) mass is 298 g/mol. The van der Waals surface area contributed by atoms with Crippen molar-refractivity contribution in [2.75, 3.05) is 26.2 Å². The van der Waals surface area contributed by atoms with Crippen LogP contribution in [0.1, 0.15) is 25.8 Å². The van der Waals surface area contributed by atoms with Gasteiger partial charge in [-0.15, -0.1) is 0 Å². The molecule has 0 aliphatic carbocycles. The van der Waals surface area contributed by atoms with E-state index in [0.29, 0.717) is 16.9 Å². The molecule has 20 heavy (non-hydrogen) atoms. The first-order valence-corrected chi connectivity index (χ1v) is 7.79. The van der Waals surface area contributed by atoms with E-state index < -0.39 is 0 Å². The van der Waals surface area contributed by atoms with Crippen molar-refractivity contribution in [1.82, 2.24) is 10.2 Å². The van der Waals surface area contributed by atoms with Crippen molar-refractivity contribution in [3.63, 3.8) is 0 Å². The standard InChI is InChI=1S/C16H24ClFN2/c1-12(2)9-20(10-13-5-6-19-8-13)11-14-3-4-15(18)7-16(14)17/h3-4,7,12-13,19H,5-6,8-11H2,1-2H3/t13-/m0/s1. The van der Waals surface area contributed by atoms with Crippen molar-refractivity contribution in [3.8, 4) is 0 Å². The van der Waals surface area contributed by atoms with E-state index in [2.05, 4.69) is 24.1 Å². The van der Waals surface area contributed by atoms with Crippen LogP contribution in [0.4, 0.5) is 4.39 Å². The summed E-state index contributed by atoms with van der Waals surface area (Å²) >= 11 is 6.15. The number of rotatable bonds is 6. The van der Waals surface area contributed by atoms with Gasteiger partial charge in [0.1, 0.15) is 5.82 Å². The Bertz CT molecular complexity index is 430. The number of nitrogens with one attached hydrogen (secondary N) is 1. The second-order valence-corrected chi connectivity index (χ2v) is 6.59. The highest BCUT2D eigenvalue weighted by Gasteiger charge is 2.19. The Morgan fingerprint density at radius 1 is 1.45 bits per heavy atom. The van der Waals surface area contributed by atoms with Crippen LogP contribution in [0.15, 0.2) is 18.2 Å². The Labute approximate surface area is 126 Å². The molecule has 0 spiro atoms. The van der Waals surface area contributed by atoms with Gasteiger partial charge in [0.05, 0.1) is 0 Å². The van der Waals surface area contributed by atoms with Crippen LogP contribution in [-0.4, -0.2) is 31.1 Å². The molecule has 1 aliphatic heterocycles. The molecule has 1 aromatic rings. The molecule has 4 heteroatoms. The van der Waals surface area contributed by atoms with Gasteiger partial charge in [-0.2, -0.15) is 0 Å². The van der Waals surface area contributed by atoms with Gasteiger partial charge in [0.25, 0.3) is 0 Å². The summed E-state index contributed by atoms with van der Waals surface area (Å²) in [5.41, 5.74) is 1.01. The maximum Gasteiger partial charge on any atom is 0.124 e. The number of nitrogens with zero attached hydrogens (tertiary/aromatic N) is 1. The summed E-state index contributed by atoms with van der Waals surface area (Å²) in [4.78, 5) is 2.45. The third kappa shape index (κ3) is 4.72. The average molecular weight is 299 g/mol. The average Bonchev–Trinajstić information content (AvgIpc) is 2.84. The summed E-state index contributed by atoms with van der Waals surface area (Å²) < 4.78 is 13.1. The van der Waals surface area contributed by atoms with E-state index in [9.17, 15) is 4.39 Å². The summed E-state index contributed by atoms with van der Waals surface area (Å²) in [5.74, 6) is 1.06. The second-order valence-electron chi connectivity index (χ2n) is 6.18. The molecule has 1 aromatic carbocycles. The van der Waals surface area contributed by atoms with E-state index >= 15 is 0 Å². The first-order chi connectivity index (χ1) is 9.54. The molecule has 0 unspecified atom stereocenters. The molecular weight excluding hydrogens is 275 g/mol. The molecule has 1 heterocycles. The predicted octanol–water partition coefficient (Wildman–Crippen LogP) is 3.55. The summed E-state index contributed by atoms with van der Waals surface area (Å²) in [6, 6.07) is 4.70. The highest BCUT2D eigenvalue weighted by molar-refractivity contribution is 6.31. The number of halogens is 2. The Hall–Kier alpha value is -0.640. The molecule has 2 rings (SSSR count). The highest BCUT2D eigenvalue weighted by atomic mass is 35.5. The Morgan fingerprint density at radius 3 is 2.85 bits per heavy atom. The van der Waals surface area contributed by atoms with Crippen molar-refractivity contribution < 1.29 is 4.39 Å². The van der Waals surface area contributed by atoms with Gasteiger partial charge in [-0.25, -0.2) is 4.39 Å². The van der Waals surface area contributed by atoms with E-state index in [0.717, 1.165) is 38.3 Å². The molecule has 1 fully saturated rings. The lowest BCUT2D eigenvalue weighted by atomic mass is 10.1. The fraction of sp³-hybridized carbons (Fsp3) is 0.625. The minimum atomic E-state index is -0.269. The number of benzene rings is 1. The number of hydrogen-bond acceptors (Lipinski definition) is 2. The first-order valence-electron chi connectivity index (χ1n) is 7.41. The van der Waals surface area contributed by atoms with Gasteiger partial charge in [0, 0.05) is 24.7 Å². The van der Waals surface area contributed by atoms with Crippen LogP contribution in [0.2, 0.25) is 5.02 Å². The van der Waals surface area contributed by atoms with Crippen LogP contribution in [0.3, 0.4) is 0 Å². The lowest BCUT2D eigenvalue weighted by Gasteiger charge is -2.27. The van der Waals surface area contributed by atoms with E-state index in [-0.39, 0.29) is 5.82 Å².